The van der Waals surface area contributed by atoms with E-state index in [1.807, 2.05) is 0 Å². The summed E-state index contributed by atoms with van der Waals surface area (Å²) in [6.45, 7) is 25.8. The molecule has 1 N–H and O–H groups in total. The Morgan fingerprint density at radius 1 is 0.731 bits per heavy atom. The summed E-state index contributed by atoms with van der Waals surface area (Å²) in [5.41, 5.74) is 1.44. The van der Waals surface area contributed by atoms with Crippen LogP contribution in [0.5, 0.6) is 0 Å². The molecule has 1 heterocycles. The van der Waals surface area contributed by atoms with Crippen LogP contribution in [0.15, 0.2) is 0 Å². The maximum Gasteiger partial charge on any atom is 0.0751 e. The summed E-state index contributed by atoms with van der Waals surface area (Å²) in [5.74, 6) is 1.82. The molecule has 2 unspecified atom stereocenters. The molecule has 2 aliphatic rings. The molecule has 1 aliphatic carbocycles. The molecule has 0 aromatic heterocycles. The van der Waals surface area contributed by atoms with Crippen LogP contribution in [0.1, 0.15) is 94.9 Å². The second kappa shape index (κ2) is 7.39. The van der Waals surface area contributed by atoms with E-state index in [0.29, 0.717) is 23.0 Å². The molecule has 154 valence electrons. The van der Waals surface area contributed by atoms with Crippen LogP contribution in [0, 0.1) is 33.5 Å². The van der Waals surface area contributed by atoms with E-state index >= 15 is 0 Å². The Morgan fingerprint density at radius 2 is 1.27 bits per heavy atom. The lowest BCUT2D eigenvalue weighted by Crippen LogP contribution is -2.56. The SMILES string of the molecule is CC(C)(C)C1CC(C(C)(C)CCC(C)(C)C2CNC(C(C)(C)C)CO2)C1. The van der Waals surface area contributed by atoms with Crippen molar-refractivity contribution in [2.24, 2.45) is 33.5 Å². The van der Waals surface area contributed by atoms with Gasteiger partial charge in [0.15, 0.2) is 0 Å². The Balaban J connectivity index is 1.82. The largest absolute Gasteiger partial charge is 0.375 e. The van der Waals surface area contributed by atoms with Crippen molar-refractivity contribution in [3.63, 3.8) is 0 Å². The topological polar surface area (TPSA) is 21.3 Å². The third-order valence-electron chi connectivity index (χ3n) is 7.81. The van der Waals surface area contributed by atoms with Crippen LogP contribution in [0.2, 0.25) is 0 Å². The zero-order valence-electron chi connectivity index (χ0n) is 19.5. The van der Waals surface area contributed by atoms with Crippen LogP contribution >= 0.6 is 0 Å². The number of nitrogens with one attached hydrogen (secondary N) is 1. The number of ether oxygens (including phenoxy) is 1. The van der Waals surface area contributed by atoms with Crippen molar-refractivity contribution in [1.29, 1.82) is 0 Å². The average Bonchev–Trinajstić information content (AvgIpc) is 2.41. The molecule has 1 aliphatic heterocycles. The Morgan fingerprint density at radius 3 is 1.69 bits per heavy atom. The molecular formula is C24H47NO. The predicted molar refractivity (Wildman–Crippen MR) is 113 cm³/mol. The predicted octanol–water partition coefficient (Wildman–Crippen LogP) is 6.29. The van der Waals surface area contributed by atoms with Gasteiger partial charge in [-0.1, -0.05) is 69.2 Å². The maximum atomic E-state index is 6.35. The smallest absolute Gasteiger partial charge is 0.0751 e. The van der Waals surface area contributed by atoms with Gasteiger partial charge in [0, 0.05) is 12.6 Å². The second-order valence-corrected chi connectivity index (χ2v) is 12.9. The first-order valence-corrected chi connectivity index (χ1v) is 11.0. The number of hydrogen-bond acceptors (Lipinski definition) is 2. The van der Waals surface area contributed by atoms with Crippen molar-refractivity contribution in [2.75, 3.05) is 13.2 Å². The van der Waals surface area contributed by atoms with E-state index in [4.69, 9.17) is 4.74 Å². The van der Waals surface area contributed by atoms with E-state index in [2.05, 4.69) is 74.6 Å². The van der Waals surface area contributed by atoms with Crippen molar-refractivity contribution in [3.05, 3.63) is 0 Å². The third-order valence-corrected chi connectivity index (χ3v) is 7.81. The monoisotopic (exact) mass is 365 g/mol. The standard InChI is InChI=1S/C24H47NO/c1-21(2,3)17-13-18(14-17)23(7,8)11-12-24(9,10)20-15-25-19(16-26-20)22(4,5)6/h17-20,25H,11-16H2,1-10H3. The lowest BCUT2D eigenvalue weighted by atomic mass is 9.54. The summed E-state index contributed by atoms with van der Waals surface area (Å²) in [6.07, 6.45) is 5.74. The summed E-state index contributed by atoms with van der Waals surface area (Å²) in [5, 5.41) is 3.75. The molecule has 0 radical (unpaired) electrons. The highest BCUT2D eigenvalue weighted by molar-refractivity contribution is 4.96. The summed E-state index contributed by atoms with van der Waals surface area (Å²) in [7, 11) is 0. The first-order chi connectivity index (χ1) is 11.6. The lowest BCUT2D eigenvalue weighted by molar-refractivity contribution is -0.0848. The molecule has 1 saturated heterocycles. The zero-order chi connectivity index (χ0) is 20.0. The molecule has 2 nitrogen and oxygen atoms in total. The normalized spacial score (nSPS) is 31.6. The second-order valence-electron chi connectivity index (χ2n) is 12.9. The van der Waals surface area contributed by atoms with Gasteiger partial charge in [0.2, 0.25) is 0 Å². The third kappa shape index (κ3) is 5.25. The fourth-order valence-electron chi connectivity index (χ4n) is 4.61. The van der Waals surface area contributed by atoms with Crippen LogP contribution < -0.4 is 5.32 Å². The van der Waals surface area contributed by atoms with Crippen molar-refractivity contribution in [2.45, 2.75) is 107 Å². The molecule has 0 aromatic carbocycles. The van der Waals surface area contributed by atoms with Crippen molar-refractivity contribution < 1.29 is 4.74 Å². The highest BCUT2D eigenvalue weighted by Gasteiger charge is 2.45. The average molecular weight is 366 g/mol. The molecule has 2 heteroatoms. The van der Waals surface area contributed by atoms with E-state index in [1.165, 1.54) is 25.7 Å². The molecule has 0 bridgehead atoms. The molecule has 0 aromatic rings. The van der Waals surface area contributed by atoms with Crippen LogP contribution in [0.3, 0.4) is 0 Å². The Bertz CT molecular complexity index is 452. The van der Waals surface area contributed by atoms with E-state index in [0.717, 1.165) is 25.0 Å². The van der Waals surface area contributed by atoms with E-state index in [1.54, 1.807) is 0 Å². The van der Waals surface area contributed by atoms with Gasteiger partial charge in [-0.15, -0.1) is 0 Å². The minimum absolute atomic E-state index is 0.236. The van der Waals surface area contributed by atoms with Crippen molar-refractivity contribution in [1.82, 2.24) is 5.32 Å². The van der Waals surface area contributed by atoms with Gasteiger partial charge in [-0.25, -0.2) is 0 Å². The molecule has 2 rings (SSSR count). The van der Waals surface area contributed by atoms with Gasteiger partial charge >= 0.3 is 0 Å². The van der Waals surface area contributed by atoms with Crippen LogP contribution in [-0.2, 0) is 4.74 Å². The quantitative estimate of drug-likeness (QED) is 0.617. The number of morpholine rings is 1. The minimum Gasteiger partial charge on any atom is -0.375 e. The highest BCUT2D eigenvalue weighted by Crippen LogP contribution is 2.54. The zero-order valence-corrected chi connectivity index (χ0v) is 19.5. The molecule has 0 amide bonds. The minimum atomic E-state index is 0.236. The van der Waals surface area contributed by atoms with Crippen LogP contribution in [0.4, 0.5) is 0 Å². The summed E-state index contributed by atoms with van der Waals surface area (Å²) in [4.78, 5) is 0. The fraction of sp³-hybridized carbons (Fsp3) is 1.00. The number of rotatable bonds is 5. The van der Waals surface area contributed by atoms with E-state index in [-0.39, 0.29) is 10.8 Å². The highest BCUT2D eigenvalue weighted by atomic mass is 16.5. The van der Waals surface area contributed by atoms with Crippen LogP contribution in [0.25, 0.3) is 0 Å². The van der Waals surface area contributed by atoms with Crippen molar-refractivity contribution in [3.8, 4) is 0 Å². The fourth-order valence-corrected chi connectivity index (χ4v) is 4.61. The van der Waals surface area contributed by atoms with Gasteiger partial charge in [0.1, 0.15) is 0 Å². The Labute approximate surface area is 164 Å². The Kier molecular flexibility index (Phi) is 6.31. The molecule has 2 fully saturated rings. The molecular weight excluding hydrogens is 318 g/mol. The maximum absolute atomic E-state index is 6.35. The summed E-state index contributed by atoms with van der Waals surface area (Å²) >= 11 is 0. The molecule has 26 heavy (non-hydrogen) atoms. The number of hydrogen-bond donors (Lipinski definition) is 1. The van der Waals surface area contributed by atoms with Gasteiger partial charge in [0.25, 0.3) is 0 Å². The lowest BCUT2D eigenvalue weighted by Gasteiger charge is -2.51. The molecule has 0 spiro atoms. The van der Waals surface area contributed by atoms with Gasteiger partial charge in [-0.3, -0.25) is 0 Å². The van der Waals surface area contributed by atoms with Gasteiger partial charge in [0.05, 0.1) is 12.7 Å². The van der Waals surface area contributed by atoms with Crippen molar-refractivity contribution >= 4 is 0 Å². The summed E-state index contributed by atoms with van der Waals surface area (Å²) in [6, 6.07) is 0.468. The summed E-state index contributed by atoms with van der Waals surface area (Å²) < 4.78 is 6.35. The first-order valence-electron chi connectivity index (χ1n) is 11.0. The molecule has 2 atom stereocenters. The van der Waals surface area contributed by atoms with Crippen LogP contribution in [-0.4, -0.2) is 25.3 Å². The first kappa shape index (κ1) is 22.2. The molecule has 1 saturated carbocycles. The van der Waals surface area contributed by atoms with E-state index < -0.39 is 0 Å². The van der Waals surface area contributed by atoms with Gasteiger partial charge in [-0.05, 0) is 59.2 Å². The van der Waals surface area contributed by atoms with Gasteiger partial charge in [-0.2, -0.15) is 0 Å². The van der Waals surface area contributed by atoms with Gasteiger partial charge < -0.3 is 10.1 Å². The van der Waals surface area contributed by atoms with E-state index in [9.17, 15) is 0 Å². The Hall–Kier alpha value is -0.0800.